The van der Waals surface area contributed by atoms with Gasteiger partial charge in [-0.2, -0.15) is 0 Å². The maximum atomic E-state index is 12.9. The molecule has 1 fully saturated rings. The Kier molecular flexibility index (Phi) is 5.88. The lowest BCUT2D eigenvalue weighted by atomic mass is 9.90. The van der Waals surface area contributed by atoms with E-state index in [0.717, 1.165) is 26.1 Å². The summed E-state index contributed by atoms with van der Waals surface area (Å²) in [6, 6.07) is 11.6. The van der Waals surface area contributed by atoms with Gasteiger partial charge in [0.05, 0.1) is 18.2 Å². The molecule has 2 aromatic rings. The Morgan fingerprint density at radius 2 is 2.08 bits per heavy atom. The van der Waals surface area contributed by atoms with Gasteiger partial charge in [-0.25, -0.2) is 0 Å². The molecule has 0 aliphatic carbocycles. The van der Waals surface area contributed by atoms with Gasteiger partial charge < -0.3 is 14.8 Å². The zero-order valence-electron chi connectivity index (χ0n) is 13.9. The van der Waals surface area contributed by atoms with E-state index in [9.17, 15) is 4.79 Å². The van der Waals surface area contributed by atoms with E-state index in [1.165, 1.54) is 4.88 Å². The monoisotopic (exact) mass is 345 g/mol. The number of carbonyl (C=O) groups excluding carboxylic acids is 1. The number of hydrogen-bond donors (Lipinski definition) is 1. The van der Waals surface area contributed by atoms with Gasteiger partial charge in [-0.15, -0.1) is 11.3 Å². The highest BCUT2D eigenvalue weighted by atomic mass is 32.1. The molecule has 0 spiro atoms. The Balaban J connectivity index is 1.81. The standard InChI is InChI=1S/C19H23NO3S/c1-2-23-16-7-4-3-6-15(16)19(21)20-18(17-8-5-13-24-17)14-9-11-22-12-10-14/h3-8,13-14,18H,2,9-12H2,1H3,(H,20,21). The quantitative estimate of drug-likeness (QED) is 0.859. The minimum absolute atomic E-state index is 0.0242. The number of thiophene rings is 1. The third kappa shape index (κ3) is 3.97. The van der Waals surface area contributed by atoms with Crippen molar-refractivity contribution < 1.29 is 14.3 Å². The van der Waals surface area contributed by atoms with Gasteiger partial charge in [0.1, 0.15) is 5.75 Å². The van der Waals surface area contributed by atoms with Gasteiger partial charge in [-0.1, -0.05) is 18.2 Å². The molecule has 1 saturated heterocycles. The lowest BCUT2D eigenvalue weighted by molar-refractivity contribution is 0.0518. The van der Waals surface area contributed by atoms with Crippen molar-refractivity contribution >= 4 is 17.2 Å². The summed E-state index contributed by atoms with van der Waals surface area (Å²) in [5, 5.41) is 5.30. The van der Waals surface area contributed by atoms with E-state index < -0.39 is 0 Å². The molecular formula is C19H23NO3S. The maximum absolute atomic E-state index is 12.9. The SMILES string of the molecule is CCOc1ccccc1C(=O)NC(c1cccs1)C1CCOCC1. The average molecular weight is 345 g/mol. The third-order valence-corrected chi connectivity index (χ3v) is 5.26. The molecule has 24 heavy (non-hydrogen) atoms. The second-order valence-electron chi connectivity index (χ2n) is 5.85. The minimum atomic E-state index is -0.0797. The fourth-order valence-electron chi connectivity index (χ4n) is 3.09. The molecule has 1 aliphatic heterocycles. The van der Waals surface area contributed by atoms with Gasteiger partial charge in [0, 0.05) is 18.1 Å². The van der Waals surface area contributed by atoms with Crippen molar-refractivity contribution in [1.29, 1.82) is 0 Å². The molecule has 0 bridgehead atoms. The van der Waals surface area contributed by atoms with Crippen LogP contribution in [-0.4, -0.2) is 25.7 Å². The highest BCUT2D eigenvalue weighted by molar-refractivity contribution is 7.10. The summed E-state index contributed by atoms with van der Waals surface area (Å²) in [4.78, 5) is 14.1. The average Bonchev–Trinajstić information content (AvgIpc) is 3.15. The van der Waals surface area contributed by atoms with Crippen LogP contribution in [0.15, 0.2) is 41.8 Å². The van der Waals surface area contributed by atoms with Gasteiger partial charge in [-0.3, -0.25) is 4.79 Å². The number of nitrogens with one attached hydrogen (secondary N) is 1. The Bertz CT molecular complexity index is 650. The second-order valence-corrected chi connectivity index (χ2v) is 6.82. The number of hydrogen-bond acceptors (Lipinski definition) is 4. The first-order chi connectivity index (χ1) is 11.8. The van der Waals surface area contributed by atoms with Crippen LogP contribution in [-0.2, 0) is 4.74 Å². The lowest BCUT2D eigenvalue weighted by Crippen LogP contribution is -2.35. The van der Waals surface area contributed by atoms with Crippen LogP contribution >= 0.6 is 11.3 Å². The fraction of sp³-hybridized carbons (Fsp3) is 0.421. The summed E-state index contributed by atoms with van der Waals surface area (Å²) >= 11 is 1.69. The Labute approximate surface area is 146 Å². The number of benzene rings is 1. The van der Waals surface area contributed by atoms with E-state index in [0.29, 0.717) is 23.8 Å². The largest absolute Gasteiger partial charge is 0.493 e. The predicted molar refractivity (Wildman–Crippen MR) is 95.7 cm³/mol. The van der Waals surface area contributed by atoms with Gasteiger partial charge in [0.25, 0.3) is 5.91 Å². The van der Waals surface area contributed by atoms with Crippen LogP contribution in [0.2, 0.25) is 0 Å². The maximum Gasteiger partial charge on any atom is 0.255 e. The molecule has 1 N–H and O–H groups in total. The van der Waals surface area contributed by atoms with Gasteiger partial charge in [0.2, 0.25) is 0 Å². The zero-order valence-corrected chi connectivity index (χ0v) is 14.7. The summed E-state index contributed by atoms with van der Waals surface area (Å²) in [6.45, 7) is 3.99. The molecule has 4 nitrogen and oxygen atoms in total. The summed E-state index contributed by atoms with van der Waals surface area (Å²) < 4.78 is 11.1. The molecule has 1 atom stereocenters. The van der Waals surface area contributed by atoms with Crippen molar-refractivity contribution in [3.63, 3.8) is 0 Å². The van der Waals surface area contributed by atoms with Crippen molar-refractivity contribution in [2.24, 2.45) is 5.92 Å². The van der Waals surface area contributed by atoms with Gasteiger partial charge in [0.15, 0.2) is 0 Å². The fourth-order valence-corrected chi connectivity index (χ4v) is 3.96. The number of amides is 1. The lowest BCUT2D eigenvalue weighted by Gasteiger charge is -2.30. The van der Waals surface area contributed by atoms with E-state index in [1.54, 1.807) is 11.3 Å². The topological polar surface area (TPSA) is 47.6 Å². The number of rotatable bonds is 6. The van der Waals surface area contributed by atoms with E-state index in [-0.39, 0.29) is 11.9 Å². The van der Waals surface area contributed by atoms with E-state index in [1.807, 2.05) is 37.3 Å². The smallest absolute Gasteiger partial charge is 0.255 e. The van der Waals surface area contributed by atoms with E-state index in [2.05, 4.69) is 16.8 Å². The summed E-state index contributed by atoms with van der Waals surface area (Å²) in [6.07, 6.45) is 1.94. The first kappa shape index (κ1) is 17.0. The Hall–Kier alpha value is -1.85. The van der Waals surface area contributed by atoms with Crippen LogP contribution in [0.25, 0.3) is 0 Å². The Morgan fingerprint density at radius 3 is 2.79 bits per heavy atom. The van der Waals surface area contributed by atoms with Crippen LogP contribution in [0.5, 0.6) is 5.75 Å². The van der Waals surface area contributed by atoms with Crippen LogP contribution in [0.1, 0.15) is 41.0 Å². The zero-order chi connectivity index (χ0) is 16.8. The van der Waals surface area contributed by atoms with Crippen LogP contribution in [0, 0.1) is 5.92 Å². The van der Waals surface area contributed by atoms with E-state index in [4.69, 9.17) is 9.47 Å². The first-order valence-corrected chi connectivity index (χ1v) is 9.31. The number of para-hydroxylation sites is 1. The first-order valence-electron chi connectivity index (χ1n) is 8.43. The molecule has 1 aromatic heterocycles. The van der Waals surface area contributed by atoms with Crippen LogP contribution in [0.4, 0.5) is 0 Å². The van der Waals surface area contributed by atoms with Crippen LogP contribution in [0.3, 0.4) is 0 Å². The number of carbonyl (C=O) groups is 1. The molecule has 5 heteroatoms. The molecule has 1 unspecified atom stereocenters. The van der Waals surface area contributed by atoms with Crippen molar-refractivity contribution in [2.45, 2.75) is 25.8 Å². The predicted octanol–water partition coefficient (Wildman–Crippen LogP) is 4.04. The highest BCUT2D eigenvalue weighted by Gasteiger charge is 2.28. The van der Waals surface area contributed by atoms with Crippen molar-refractivity contribution in [3.8, 4) is 5.75 Å². The highest BCUT2D eigenvalue weighted by Crippen LogP contribution is 2.33. The molecule has 2 heterocycles. The molecule has 1 amide bonds. The Morgan fingerprint density at radius 1 is 1.29 bits per heavy atom. The van der Waals surface area contributed by atoms with Crippen LogP contribution < -0.4 is 10.1 Å². The summed E-state index contributed by atoms with van der Waals surface area (Å²) in [5.41, 5.74) is 0.591. The molecule has 0 radical (unpaired) electrons. The van der Waals surface area contributed by atoms with E-state index >= 15 is 0 Å². The van der Waals surface area contributed by atoms with Crippen molar-refractivity contribution in [2.75, 3.05) is 19.8 Å². The molecule has 0 saturated carbocycles. The summed E-state index contributed by atoms with van der Waals surface area (Å²) in [7, 11) is 0. The summed E-state index contributed by atoms with van der Waals surface area (Å²) in [5.74, 6) is 0.957. The van der Waals surface area contributed by atoms with Gasteiger partial charge >= 0.3 is 0 Å². The molecule has 128 valence electrons. The van der Waals surface area contributed by atoms with Gasteiger partial charge in [-0.05, 0) is 49.3 Å². The molecule has 1 aromatic carbocycles. The molecule has 3 rings (SSSR count). The minimum Gasteiger partial charge on any atom is -0.493 e. The van der Waals surface area contributed by atoms with Crippen molar-refractivity contribution in [3.05, 3.63) is 52.2 Å². The number of ether oxygens (including phenoxy) is 2. The second kappa shape index (κ2) is 8.31. The normalized spacial score (nSPS) is 16.5. The molecule has 1 aliphatic rings. The third-order valence-electron chi connectivity index (χ3n) is 4.31. The molecular weight excluding hydrogens is 322 g/mol. The van der Waals surface area contributed by atoms with Crippen molar-refractivity contribution in [1.82, 2.24) is 5.32 Å².